The highest BCUT2D eigenvalue weighted by molar-refractivity contribution is 4.88. The average molecular weight is 194 g/mol. The Hall–Kier alpha value is -0.240. The summed E-state index contributed by atoms with van der Waals surface area (Å²) < 4.78 is 9.65. The monoisotopic (exact) mass is 194 g/mol. The van der Waals surface area contributed by atoms with Crippen LogP contribution >= 0.6 is 0 Å². The highest BCUT2D eigenvalue weighted by atomic mass is 16.7. The maximum Gasteiger partial charge on any atom is 0.186 e. The van der Waals surface area contributed by atoms with Crippen molar-refractivity contribution in [1.82, 2.24) is 0 Å². The summed E-state index contributed by atoms with van der Waals surface area (Å²) in [7, 11) is 1.30. The van der Waals surface area contributed by atoms with E-state index in [0.717, 1.165) is 0 Å². The van der Waals surface area contributed by atoms with Crippen LogP contribution in [0.2, 0.25) is 0 Å². The highest BCUT2D eigenvalue weighted by Gasteiger charge is 2.43. The van der Waals surface area contributed by atoms with Gasteiger partial charge in [0.15, 0.2) is 6.29 Å². The first-order chi connectivity index (χ1) is 6.11. The zero-order valence-electron chi connectivity index (χ0n) is 7.20. The van der Waals surface area contributed by atoms with Gasteiger partial charge in [0.1, 0.15) is 24.4 Å². The minimum atomic E-state index is -1.36. The normalized spacial score (nSPS) is 46.4. The van der Waals surface area contributed by atoms with Crippen molar-refractivity contribution in [2.75, 3.05) is 13.7 Å². The number of hydrogen-bond acceptors (Lipinski definition) is 6. The van der Waals surface area contributed by atoms with Gasteiger partial charge in [-0.3, -0.25) is 0 Å². The van der Waals surface area contributed by atoms with E-state index >= 15 is 0 Å². The Bertz CT molecular complexity index is 143. The van der Waals surface area contributed by atoms with E-state index in [1.54, 1.807) is 0 Å². The lowest BCUT2D eigenvalue weighted by Gasteiger charge is -2.38. The third-order valence-corrected chi connectivity index (χ3v) is 2.08. The van der Waals surface area contributed by atoms with Crippen LogP contribution in [0.5, 0.6) is 0 Å². The van der Waals surface area contributed by atoms with Gasteiger partial charge in [0.2, 0.25) is 0 Å². The molecular weight excluding hydrogens is 180 g/mol. The second kappa shape index (κ2) is 4.32. The Balaban J connectivity index is 2.66. The lowest BCUT2D eigenvalue weighted by Crippen LogP contribution is -2.58. The number of rotatable bonds is 2. The molecular formula is C7H14O6. The maximum atomic E-state index is 9.28. The molecule has 1 unspecified atom stereocenters. The number of aliphatic hydroxyl groups excluding tert-OH is 4. The molecule has 0 saturated carbocycles. The van der Waals surface area contributed by atoms with Crippen molar-refractivity contribution >= 4 is 0 Å². The summed E-state index contributed by atoms with van der Waals surface area (Å²) in [4.78, 5) is 0. The Morgan fingerprint density at radius 3 is 2.23 bits per heavy atom. The largest absolute Gasteiger partial charge is 0.394 e. The summed E-state index contributed by atoms with van der Waals surface area (Å²) in [5.74, 6) is 0. The third-order valence-electron chi connectivity index (χ3n) is 2.08. The molecule has 1 aliphatic rings. The Labute approximate surface area is 75.3 Å². The van der Waals surface area contributed by atoms with Gasteiger partial charge in [-0.15, -0.1) is 0 Å². The molecule has 0 aromatic rings. The molecule has 13 heavy (non-hydrogen) atoms. The van der Waals surface area contributed by atoms with E-state index in [2.05, 4.69) is 0 Å². The summed E-state index contributed by atoms with van der Waals surface area (Å²) in [5.41, 5.74) is 0. The predicted molar refractivity (Wildman–Crippen MR) is 40.8 cm³/mol. The Kier molecular flexibility index (Phi) is 3.60. The van der Waals surface area contributed by atoms with Gasteiger partial charge in [-0.05, 0) is 0 Å². The van der Waals surface area contributed by atoms with Crippen LogP contribution in [0.15, 0.2) is 0 Å². The molecule has 5 atom stereocenters. The molecule has 4 N–H and O–H groups in total. The summed E-state index contributed by atoms with van der Waals surface area (Å²) >= 11 is 0. The van der Waals surface area contributed by atoms with Crippen molar-refractivity contribution in [2.24, 2.45) is 0 Å². The maximum absolute atomic E-state index is 9.28. The van der Waals surface area contributed by atoms with Crippen LogP contribution in [0.3, 0.4) is 0 Å². The first-order valence-electron chi connectivity index (χ1n) is 3.95. The second-order valence-corrected chi connectivity index (χ2v) is 2.93. The van der Waals surface area contributed by atoms with Crippen LogP contribution in [0.1, 0.15) is 0 Å². The van der Waals surface area contributed by atoms with Gasteiger partial charge < -0.3 is 29.9 Å². The summed E-state index contributed by atoms with van der Waals surface area (Å²) in [6.07, 6.45) is -5.91. The summed E-state index contributed by atoms with van der Waals surface area (Å²) in [6.45, 7) is -0.440. The molecule has 0 bridgehead atoms. The number of ether oxygens (including phenoxy) is 2. The molecule has 6 nitrogen and oxygen atoms in total. The minimum absolute atomic E-state index is 0.440. The minimum Gasteiger partial charge on any atom is -0.394 e. The fourth-order valence-corrected chi connectivity index (χ4v) is 1.26. The van der Waals surface area contributed by atoms with E-state index in [0.29, 0.717) is 0 Å². The van der Waals surface area contributed by atoms with Gasteiger partial charge in [-0.1, -0.05) is 0 Å². The summed E-state index contributed by atoms with van der Waals surface area (Å²) in [5, 5.41) is 36.6. The molecule has 1 saturated heterocycles. The van der Waals surface area contributed by atoms with Crippen LogP contribution in [0, 0.1) is 0 Å². The first kappa shape index (κ1) is 10.8. The third kappa shape index (κ3) is 1.98. The number of aliphatic hydroxyl groups is 4. The summed E-state index contributed by atoms with van der Waals surface area (Å²) in [6, 6.07) is 0. The van der Waals surface area contributed by atoms with Crippen molar-refractivity contribution < 1.29 is 29.9 Å². The molecule has 6 heteroatoms. The highest BCUT2D eigenvalue weighted by Crippen LogP contribution is 2.20. The number of hydrogen-bond donors (Lipinski definition) is 4. The van der Waals surface area contributed by atoms with Gasteiger partial charge in [0.05, 0.1) is 6.61 Å². The fourth-order valence-electron chi connectivity index (χ4n) is 1.26. The lowest BCUT2D eigenvalue weighted by molar-refractivity contribution is -0.294. The molecule has 0 amide bonds. The predicted octanol–water partition coefficient (Wildman–Crippen LogP) is -2.57. The van der Waals surface area contributed by atoms with Crippen molar-refractivity contribution in [3.63, 3.8) is 0 Å². The lowest BCUT2D eigenvalue weighted by atomic mass is 9.99. The van der Waals surface area contributed by atoms with E-state index in [9.17, 15) is 15.3 Å². The first-order valence-corrected chi connectivity index (χ1v) is 3.95. The van der Waals surface area contributed by atoms with Crippen molar-refractivity contribution in [1.29, 1.82) is 0 Å². The standard InChI is InChI=1S/C7H14O6/c1-12-7-6(11)5(10)4(9)3(2-8)13-7/h3-11H,2H2,1H3/t3-,4-,5?,6+,7+/m1/s1. The SMILES string of the molecule is CO[C@H]1O[C@H](CO)[C@@H](O)C(O)[C@@H]1O. The molecule has 1 rings (SSSR count). The second-order valence-electron chi connectivity index (χ2n) is 2.93. The average Bonchev–Trinajstić information content (AvgIpc) is 2.15. The molecule has 0 aromatic heterocycles. The van der Waals surface area contributed by atoms with Gasteiger partial charge in [-0.25, -0.2) is 0 Å². The van der Waals surface area contributed by atoms with E-state index in [-0.39, 0.29) is 0 Å². The quantitative estimate of drug-likeness (QED) is 0.386. The van der Waals surface area contributed by atoms with Crippen molar-refractivity contribution in [3.8, 4) is 0 Å². The van der Waals surface area contributed by atoms with E-state index < -0.39 is 37.3 Å². The van der Waals surface area contributed by atoms with Gasteiger partial charge in [0.25, 0.3) is 0 Å². The van der Waals surface area contributed by atoms with E-state index in [1.807, 2.05) is 0 Å². The van der Waals surface area contributed by atoms with Crippen LogP contribution in [0.4, 0.5) is 0 Å². The molecule has 0 radical (unpaired) electrons. The van der Waals surface area contributed by atoms with E-state index in [4.69, 9.17) is 14.6 Å². The van der Waals surface area contributed by atoms with Crippen LogP contribution in [0.25, 0.3) is 0 Å². The molecule has 1 heterocycles. The molecule has 0 aromatic carbocycles. The topological polar surface area (TPSA) is 99.4 Å². The zero-order chi connectivity index (χ0) is 10.0. The van der Waals surface area contributed by atoms with Gasteiger partial charge >= 0.3 is 0 Å². The van der Waals surface area contributed by atoms with Crippen LogP contribution in [-0.2, 0) is 9.47 Å². The molecule has 1 aliphatic heterocycles. The molecule has 0 spiro atoms. The Morgan fingerprint density at radius 1 is 1.15 bits per heavy atom. The smallest absolute Gasteiger partial charge is 0.186 e. The van der Waals surface area contributed by atoms with Crippen molar-refractivity contribution in [3.05, 3.63) is 0 Å². The van der Waals surface area contributed by atoms with Crippen LogP contribution < -0.4 is 0 Å². The van der Waals surface area contributed by atoms with E-state index in [1.165, 1.54) is 7.11 Å². The van der Waals surface area contributed by atoms with Crippen LogP contribution in [-0.4, -0.2) is 64.8 Å². The van der Waals surface area contributed by atoms with Gasteiger partial charge in [-0.2, -0.15) is 0 Å². The molecule has 1 fully saturated rings. The van der Waals surface area contributed by atoms with Crippen molar-refractivity contribution in [2.45, 2.75) is 30.7 Å². The molecule has 78 valence electrons. The number of methoxy groups -OCH3 is 1. The zero-order valence-corrected chi connectivity index (χ0v) is 7.20. The fraction of sp³-hybridized carbons (Fsp3) is 1.00. The van der Waals surface area contributed by atoms with Gasteiger partial charge in [0, 0.05) is 7.11 Å². The molecule has 0 aliphatic carbocycles. The Morgan fingerprint density at radius 2 is 1.77 bits per heavy atom.